The van der Waals surface area contributed by atoms with Gasteiger partial charge in [0.2, 0.25) is 0 Å². The van der Waals surface area contributed by atoms with Crippen LogP contribution >= 0.6 is 27.3 Å². The fraction of sp³-hybridized carbons (Fsp3) is 0.111. The van der Waals surface area contributed by atoms with E-state index in [0.29, 0.717) is 5.75 Å². The standard InChI is InChI=1S/C18H15BrN2O2S/c1-12-11-24-18(20-12)13-5-7-16(8-6-13)23-10-17(22)21-15-4-2-3-14(19)9-15/h2-9,11H,10H2,1H3,(H,21,22). The summed E-state index contributed by atoms with van der Waals surface area (Å²) in [6.45, 7) is 1.93. The Labute approximate surface area is 152 Å². The number of carbonyl (C=O) groups is 1. The van der Waals surface area contributed by atoms with E-state index in [4.69, 9.17) is 4.74 Å². The molecule has 1 heterocycles. The average molecular weight is 403 g/mol. The van der Waals surface area contributed by atoms with Gasteiger partial charge < -0.3 is 10.1 Å². The molecule has 1 N–H and O–H groups in total. The van der Waals surface area contributed by atoms with Gasteiger partial charge >= 0.3 is 0 Å². The largest absolute Gasteiger partial charge is 0.484 e. The van der Waals surface area contributed by atoms with Crippen molar-refractivity contribution in [1.82, 2.24) is 4.98 Å². The quantitative estimate of drug-likeness (QED) is 0.660. The number of aromatic nitrogens is 1. The first-order valence-electron chi connectivity index (χ1n) is 7.31. The summed E-state index contributed by atoms with van der Waals surface area (Å²) in [6.07, 6.45) is 0. The number of halogens is 1. The molecule has 3 rings (SSSR count). The van der Waals surface area contributed by atoms with E-state index in [9.17, 15) is 4.79 Å². The van der Waals surface area contributed by atoms with Crippen molar-refractivity contribution < 1.29 is 9.53 Å². The zero-order valence-electron chi connectivity index (χ0n) is 13.0. The summed E-state index contributed by atoms with van der Waals surface area (Å²) in [5.74, 6) is 0.448. The van der Waals surface area contributed by atoms with E-state index in [-0.39, 0.29) is 12.5 Å². The van der Waals surface area contributed by atoms with E-state index in [1.54, 1.807) is 11.3 Å². The summed E-state index contributed by atoms with van der Waals surface area (Å²) in [5, 5.41) is 5.79. The van der Waals surface area contributed by atoms with E-state index >= 15 is 0 Å². The number of carbonyl (C=O) groups excluding carboxylic acids is 1. The van der Waals surface area contributed by atoms with Crippen LogP contribution in [0.1, 0.15) is 5.69 Å². The van der Waals surface area contributed by atoms with Gasteiger partial charge in [-0.2, -0.15) is 0 Å². The molecule has 0 fully saturated rings. The zero-order valence-corrected chi connectivity index (χ0v) is 15.4. The van der Waals surface area contributed by atoms with Gasteiger partial charge in [-0.3, -0.25) is 4.79 Å². The second kappa shape index (κ2) is 7.59. The highest BCUT2D eigenvalue weighted by Crippen LogP contribution is 2.25. The van der Waals surface area contributed by atoms with Gasteiger partial charge in [-0.05, 0) is 49.4 Å². The number of anilines is 1. The van der Waals surface area contributed by atoms with E-state index in [2.05, 4.69) is 26.2 Å². The number of nitrogens with one attached hydrogen (secondary N) is 1. The summed E-state index contributed by atoms with van der Waals surface area (Å²) in [7, 11) is 0. The Bertz CT molecular complexity index is 846. The van der Waals surface area contributed by atoms with Crippen LogP contribution in [0.4, 0.5) is 5.69 Å². The lowest BCUT2D eigenvalue weighted by Crippen LogP contribution is -2.20. The van der Waals surface area contributed by atoms with Crippen molar-refractivity contribution >= 4 is 38.9 Å². The zero-order chi connectivity index (χ0) is 16.9. The molecule has 1 aromatic heterocycles. The predicted molar refractivity (Wildman–Crippen MR) is 101 cm³/mol. The third kappa shape index (κ3) is 4.43. The van der Waals surface area contributed by atoms with Gasteiger partial charge in [0, 0.05) is 26.8 Å². The number of nitrogens with zero attached hydrogens (tertiary/aromatic N) is 1. The number of hydrogen-bond donors (Lipinski definition) is 1. The predicted octanol–water partition coefficient (Wildman–Crippen LogP) is 4.90. The number of thiazole rings is 1. The first kappa shape index (κ1) is 16.7. The van der Waals surface area contributed by atoms with Crippen molar-refractivity contribution in [2.75, 3.05) is 11.9 Å². The minimum absolute atomic E-state index is 0.0395. The Morgan fingerprint density at radius 3 is 2.71 bits per heavy atom. The lowest BCUT2D eigenvalue weighted by Gasteiger charge is -2.08. The number of hydrogen-bond acceptors (Lipinski definition) is 4. The molecule has 0 radical (unpaired) electrons. The van der Waals surface area contributed by atoms with Crippen LogP contribution in [0.15, 0.2) is 58.4 Å². The average Bonchev–Trinajstić information content (AvgIpc) is 3.00. The van der Waals surface area contributed by atoms with Crippen molar-refractivity contribution in [2.45, 2.75) is 6.92 Å². The summed E-state index contributed by atoms with van der Waals surface area (Å²) in [5.41, 5.74) is 2.78. The number of aryl methyl sites for hydroxylation is 1. The Morgan fingerprint density at radius 1 is 1.25 bits per heavy atom. The van der Waals surface area contributed by atoms with E-state index in [1.807, 2.05) is 60.8 Å². The second-order valence-corrected chi connectivity index (χ2v) is 6.94. The summed E-state index contributed by atoms with van der Waals surface area (Å²) < 4.78 is 6.44. The molecule has 0 saturated heterocycles. The molecule has 0 aliphatic heterocycles. The molecule has 6 heteroatoms. The fourth-order valence-electron chi connectivity index (χ4n) is 2.09. The van der Waals surface area contributed by atoms with Crippen LogP contribution in [0.25, 0.3) is 10.6 Å². The molecular weight excluding hydrogens is 388 g/mol. The van der Waals surface area contributed by atoms with Crippen LogP contribution in [0.5, 0.6) is 5.75 Å². The Hall–Kier alpha value is -2.18. The maximum atomic E-state index is 11.9. The molecule has 0 unspecified atom stereocenters. The van der Waals surface area contributed by atoms with Gasteiger partial charge in [0.15, 0.2) is 6.61 Å². The molecule has 1 amide bonds. The van der Waals surface area contributed by atoms with Crippen molar-refractivity contribution in [2.24, 2.45) is 0 Å². The first-order valence-corrected chi connectivity index (χ1v) is 8.98. The minimum Gasteiger partial charge on any atom is -0.484 e. The fourth-order valence-corrected chi connectivity index (χ4v) is 3.30. The van der Waals surface area contributed by atoms with Crippen LogP contribution in [0, 0.1) is 6.92 Å². The van der Waals surface area contributed by atoms with Gasteiger partial charge in [-0.25, -0.2) is 4.98 Å². The lowest BCUT2D eigenvalue weighted by atomic mass is 10.2. The van der Waals surface area contributed by atoms with Crippen LogP contribution < -0.4 is 10.1 Å². The molecular formula is C18H15BrN2O2S. The van der Waals surface area contributed by atoms with Gasteiger partial charge in [-0.15, -0.1) is 11.3 Å². The third-order valence-corrected chi connectivity index (χ3v) is 4.70. The maximum Gasteiger partial charge on any atom is 0.262 e. The van der Waals surface area contributed by atoms with Crippen LogP contribution in [-0.4, -0.2) is 17.5 Å². The summed E-state index contributed by atoms with van der Waals surface area (Å²) in [6, 6.07) is 15.0. The second-order valence-electron chi connectivity index (χ2n) is 5.17. The number of ether oxygens (including phenoxy) is 1. The molecule has 0 atom stereocenters. The molecule has 4 nitrogen and oxygen atoms in total. The molecule has 0 aliphatic rings. The van der Waals surface area contributed by atoms with Crippen LogP contribution in [-0.2, 0) is 4.79 Å². The Balaban J connectivity index is 1.55. The number of rotatable bonds is 5. The summed E-state index contributed by atoms with van der Waals surface area (Å²) >= 11 is 4.98. The lowest BCUT2D eigenvalue weighted by molar-refractivity contribution is -0.118. The van der Waals surface area contributed by atoms with Gasteiger partial charge in [-0.1, -0.05) is 22.0 Å². The van der Waals surface area contributed by atoms with Gasteiger partial charge in [0.1, 0.15) is 10.8 Å². The van der Waals surface area contributed by atoms with Crippen molar-refractivity contribution in [3.05, 3.63) is 64.1 Å². The number of benzene rings is 2. The Morgan fingerprint density at radius 2 is 2.04 bits per heavy atom. The monoisotopic (exact) mass is 402 g/mol. The highest BCUT2D eigenvalue weighted by Gasteiger charge is 2.06. The molecule has 2 aromatic carbocycles. The molecule has 3 aromatic rings. The van der Waals surface area contributed by atoms with E-state index in [0.717, 1.165) is 26.4 Å². The normalized spacial score (nSPS) is 10.4. The molecule has 0 aliphatic carbocycles. The van der Waals surface area contributed by atoms with E-state index < -0.39 is 0 Å². The minimum atomic E-state index is -0.201. The topological polar surface area (TPSA) is 51.2 Å². The molecule has 24 heavy (non-hydrogen) atoms. The van der Waals surface area contributed by atoms with E-state index in [1.165, 1.54) is 0 Å². The molecule has 0 spiro atoms. The molecule has 0 saturated carbocycles. The highest BCUT2D eigenvalue weighted by molar-refractivity contribution is 9.10. The van der Waals surface area contributed by atoms with Gasteiger partial charge in [0.05, 0.1) is 0 Å². The van der Waals surface area contributed by atoms with Crippen LogP contribution in [0.3, 0.4) is 0 Å². The summed E-state index contributed by atoms with van der Waals surface area (Å²) in [4.78, 5) is 16.4. The Kier molecular flexibility index (Phi) is 5.27. The SMILES string of the molecule is Cc1csc(-c2ccc(OCC(=O)Nc3cccc(Br)c3)cc2)n1. The smallest absolute Gasteiger partial charge is 0.262 e. The molecule has 122 valence electrons. The highest BCUT2D eigenvalue weighted by atomic mass is 79.9. The van der Waals surface area contributed by atoms with Gasteiger partial charge in [0.25, 0.3) is 5.91 Å². The van der Waals surface area contributed by atoms with Crippen molar-refractivity contribution in [1.29, 1.82) is 0 Å². The molecule has 0 bridgehead atoms. The van der Waals surface area contributed by atoms with Crippen molar-refractivity contribution in [3.8, 4) is 16.3 Å². The van der Waals surface area contributed by atoms with Crippen molar-refractivity contribution in [3.63, 3.8) is 0 Å². The third-order valence-electron chi connectivity index (χ3n) is 3.20. The maximum absolute atomic E-state index is 11.9. The van der Waals surface area contributed by atoms with Crippen LogP contribution in [0.2, 0.25) is 0 Å². The number of amides is 1. The first-order chi connectivity index (χ1) is 11.6.